The lowest BCUT2D eigenvalue weighted by Gasteiger charge is -2.03. The van der Waals surface area contributed by atoms with Crippen molar-refractivity contribution in [3.05, 3.63) is 79.1 Å². The molecule has 0 atom stereocenters. The van der Waals surface area contributed by atoms with E-state index in [-0.39, 0.29) is 11.2 Å². The third kappa shape index (κ3) is 3.04. The minimum Gasteiger partial charge on any atom is -0.496 e. The molecule has 0 aliphatic heterocycles. The summed E-state index contributed by atoms with van der Waals surface area (Å²) in [5.74, 6) is 1.04. The molecule has 0 saturated carbocycles. The van der Waals surface area contributed by atoms with Gasteiger partial charge in [-0.3, -0.25) is 14.9 Å². The number of non-ortho nitro benzene ring substituents is 1. The number of hydrogen-bond donors (Lipinski definition) is 0. The van der Waals surface area contributed by atoms with Crippen LogP contribution in [0.2, 0.25) is 0 Å². The lowest BCUT2D eigenvalue weighted by atomic mass is 10.2. The smallest absolute Gasteiger partial charge is 0.291 e. The molecule has 9 heteroatoms. The average Bonchev–Trinajstić information content (AvgIpc) is 3.22. The quantitative estimate of drug-likeness (QED) is 0.398. The van der Waals surface area contributed by atoms with Crippen LogP contribution in [-0.2, 0) is 0 Å². The SMILES string of the molecule is COc1ccccc1-c1nc2s/c(=C/c3ccc([N+](=O)[O-])cc3)c(=O)n2n1. The maximum Gasteiger partial charge on any atom is 0.291 e. The van der Waals surface area contributed by atoms with Crippen LogP contribution in [0.1, 0.15) is 5.56 Å². The number of nitro groups is 1. The van der Waals surface area contributed by atoms with Gasteiger partial charge in [-0.2, -0.15) is 9.50 Å². The van der Waals surface area contributed by atoms with E-state index in [1.807, 2.05) is 18.2 Å². The summed E-state index contributed by atoms with van der Waals surface area (Å²) in [5.41, 5.74) is 1.10. The van der Waals surface area contributed by atoms with Crippen LogP contribution in [0.15, 0.2) is 53.3 Å². The molecule has 0 N–H and O–H groups in total. The monoisotopic (exact) mass is 380 g/mol. The van der Waals surface area contributed by atoms with Crippen molar-refractivity contribution in [3.8, 4) is 17.1 Å². The fourth-order valence-corrected chi connectivity index (χ4v) is 3.53. The highest BCUT2D eigenvalue weighted by atomic mass is 32.1. The number of nitrogens with zero attached hydrogens (tertiary/aromatic N) is 4. The van der Waals surface area contributed by atoms with Crippen LogP contribution < -0.4 is 14.8 Å². The van der Waals surface area contributed by atoms with E-state index in [9.17, 15) is 14.9 Å². The molecule has 134 valence electrons. The zero-order valence-electron chi connectivity index (χ0n) is 14.0. The lowest BCUT2D eigenvalue weighted by molar-refractivity contribution is -0.384. The van der Waals surface area contributed by atoms with E-state index in [1.54, 1.807) is 31.4 Å². The molecule has 0 amide bonds. The standard InChI is InChI=1S/C18H12N4O4S/c1-26-14-5-3-2-4-13(14)16-19-18-21(20-16)17(23)15(27-18)10-11-6-8-12(9-7-11)22(24)25/h2-10H,1H3/b15-10+. The summed E-state index contributed by atoms with van der Waals surface area (Å²) in [6.45, 7) is 0. The van der Waals surface area contributed by atoms with Crippen molar-refractivity contribution in [3.63, 3.8) is 0 Å². The number of hydrogen-bond acceptors (Lipinski definition) is 7. The molecule has 0 saturated heterocycles. The predicted octanol–water partition coefficient (Wildman–Crippen LogP) is 2.28. The van der Waals surface area contributed by atoms with Crippen LogP contribution in [0.3, 0.4) is 0 Å². The number of fused-ring (bicyclic) bond motifs is 1. The molecule has 0 aliphatic carbocycles. The average molecular weight is 380 g/mol. The van der Waals surface area contributed by atoms with Gasteiger partial charge in [-0.05, 0) is 35.9 Å². The van der Waals surface area contributed by atoms with Crippen LogP contribution in [0, 0.1) is 10.1 Å². The van der Waals surface area contributed by atoms with Crippen molar-refractivity contribution in [1.29, 1.82) is 0 Å². The number of para-hydroxylation sites is 1. The third-order valence-corrected chi connectivity index (χ3v) is 4.89. The normalized spacial score (nSPS) is 11.8. The summed E-state index contributed by atoms with van der Waals surface area (Å²) in [5, 5.41) is 15.0. The topological polar surface area (TPSA) is 99.6 Å². The van der Waals surface area contributed by atoms with Gasteiger partial charge in [0.05, 0.1) is 22.1 Å². The number of nitro benzene ring substituents is 1. The molecule has 0 spiro atoms. The number of aromatic nitrogens is 3. The van der Waals surface area contributed by atoms with Crippen LogP contribution in [0.4, 0.5) is 5.69 Å². The zero-order valence-corrected chi connectivity index (χ0v) is 14.8. The number of benzene rings is 2. The van der Waals surface area contributed by atoms with Gasteiger partial charge in [0.25, 0.3) is 11.2 Å². The number of thiazole rings is 1. The minimum absolute atomic E-state index is 0.00130. The first-order chi connectivity index (χ1) is 13.1. The highest BCUT2D eigenvalue weighted by molar-refractivity contribution is 7.15. The predicted molar refractivity (Wildman–Crippen MR) is 101 cm³/mol. The number of rotatable bonds is 4. The van der Waals surface area contributed by atoms with Crippen molar-refractivity contribution in [2.75, 3.05) is 7.11 Å². The Balaban J connectivity index is 1.77. The van der Waals surface area contributed by atoms with Crippen molar-refractivity contribution in [2.24, 2.45) is 0 Å². The van der Waals surface area contributed by atoms with E-state index in [1.165, 1.54) is 28.0 Å². The van der Waals surface area contributed by atoms with Crippen molar-refractivity contribution in [2.45, 2.75) is 0 Å². The molecule has 0 aliphatic rings. The van der Waals surface area contributed by atoms with Crippen LogP contribution in [0.5, 0.6) is 5.75 Å². The first kappa shape index (κ1) is 16.9. The highest BCUT2D eigenvalue weighted by Crippen LogP contribution is 2.27. The molecule has 8 nitrogen and oxygen atoms in total. The Kier molecular flexibility index (Phi) is 4.13. The summed E-state index contributed by atoms with van der Waals surface area (Å²) < 4.78 is 7.02. The molecular weight excluding hydrogens is 368 g/mol. The van der Waals surface area contributed by atoms with E-state index in [4.69, 9.17) is 4.74 Å². The molecule has 4 aromatic rings. The molecule has 0 fully saturated rings. The van der Waals surface area contributed by atoms with Gasteiger partial charge in [0.2, 0.25) is 4.96 Å². The van der Waals surface area contributed by atoms with Crippen molar-refractivity contribution < 1.29 is 9.66 Å². The van der Waals surface area contributed by atoms with E-state index in [2.05, 4.69) is 10.1 Å². The third-order valence-electron chi connectivity index (χ3n) is 3.93. The van der Waals surface area contributed by atoms with Gasteiger partial charge >= 0.3 is 0 Å². The van der Waals surface area contributed by atoms with Crippen molar-refractivity contribution in [1.82, 2.24) is 14.6 Å². The molecule has 0 bridgehead atoms. The summed E-state index contributed by atoms with van der Waals surface area (Å²) in [7, 11) is 1.56. The second-order valence-corrected chi connectivity index (χ2v) is 6.60. The number of ether oxygens (including phenoxy) is 1. The fourth-order valence-electron chi connectivity index (χ4n) is 2.62. The van der Waals surface area contributed by atoms with Crippen LogP contribution >= 0.6 is 11.3 Å². The summed E-state index contributed by atoms with van der Waals surface area (Å²) in [6.07, 6.45) is 1.66. The Morgan fingerprint density at radius 1 is 1.19 bits per heavy atom. The van der Waals surface area contributed by atoms with Crippen LogP contribution in [-0.4, -0.2) is 26.6 Å². The summed E-state index contributed by atoms with van der Waals surface area (Å²) >= 11 is 1.20. The maximum atomic E-state index is 12.6. The van der Waals surface area contributed by atoms with Gasteiger partial charge in [0, 0.05) is 12.1 Å². The second-order valence-electron chi connectivity index (χ2n) is 5.59. The van der Waals surface area contributed by atoms with Gasteiger partial charge in [-0.1, -0.05) is 23.5 Å². The molecule has 4 rings (SSSR count). The second kappa shape index (κ2) is 6.61. The largest absolute Gasteiger partial charge is 0.496 e. The zero-order chi connectivity index (χ0) is 19.0. The molecule has 2 heterocycles. The Bertz CT molecular complexity index is 1260. The van der Waals surface area contributed by atoms with E-state index < -0.39 is 4.92 Å². The van der Waals surface area contributed by atoms with Crippen molar-refractivity contribution >= 4 is 28.1 Å². The first-order valence-electron chi connectivity index (χ1n) is 7.86. The van der Waals surface area contributed by atoms with Gasteiger partial charge in [0.15, 0.2) is 5.82 Å². The fraction of sp³-hybridized carbons (Fsp3) is 0.0556. The van der Waals surface area contributed by atoms with Gasteiger partial charge < -0.3 is 4.74 Å². The summed E-state index contributed by atoms with van der Waals surface area (Å²) in [6, 6.07) is 13.3. The molecule has 0 unspecified atom stereocenters. The van der Waals surface area contributed by atoms with E-state index in [0.717, 1.165) is 0 Å². The van der Waals surface area contributed by atoms with E-state index in [0.29, 0.717) is 32.2 Å². The minimum atomic E-state index is -0.467. The highest BCUT2D eigenvalue weighted by Gasteiger charge is 2.15. The lowest BCUT2D eigenvalue weighted by Crippen LogP contribution is -2.23. The summed E-state index contributed by atoms with van der Waals surface area (Å²) in [4.78, 5) is 27.8. The number of methoxy groups -OCH3 is 1. The Morgan fingerprint density at radius 2 is 1.93 bits per heavy atom. The van der Waals surface area contributed by atoms with Gasteiger partial charge in [-0.15, -0.1) is 5.10 Å². The maximum absolute atomic E-state index is 12.6. The molecule has 27 heavy (non-hydrogen) atoms. The molecular formula is C18H12N4O4S. The Morgan fingerprint density at radius 3 is 2.59 bits per heavy atom. The van der Waals surface area contributed by atoms with Gasteiger partial charge in [-0.25, -0.2) is 0 Å². The first-order valence-corrected chi connectivity index (χ1v) is 8.67. The van der Waals surface area contributed by atoms with Crippen LogP contribution in [0.25, 0.3) is 22.4 Å². The Labute approximate surface area is 156 Å². The van der Waals surface area contributed by atoms with Gasteiger partial charge in [0.1, 0.15) is 5.75 Å². The molecule has 2 aromatic carbocycles. The van der Waals surface area contributed by atoms with E-state index >= 15 is 0 Å². The Hall–Kier alpha value is -3.59. The molecule has 2 aromatic heterocycles. The molecule has 0 radical (unpaired) electrons.